The van der Waals surface area contributed by atoms with Crippen molar-refractivity contribution in [3.8, 4) is 0 Å². The first-order valence-electron chi connectivity index (χ1n) is 9.16. The number of likely N-dealkylation sites (tertiary alicyclic amines) is 1. The molecule has 0 radical (unpaired) electrons. The smallest absolute Gasteiger partial charge is 0.255 e. The van der Waals surface area contributed by atoms with E-state index in [-0.39, 0.29) is 5.91 Å². The fourth-order valence-corrected chi connectivity index (χ4v) is 4.34. The standard InChI is InChI=1S/C19H30N2O/c1-15-14-18(19(22)20-12-8-3-4-9-13-20)16(2)21(15)17-10-6-5-7-11-17/h14,17H,3-13H2,1-2H3. The number of aromatic nitrogens is 1. The van der Waals surface area contributed by atoms with Gasteiger partial charge in [0.15, 0.2) is 0 Å². The van der Waals surface area contributed by atoms with E-state index in [0.717, 1.165) is 31.5 Å². The second-order valence-corrected chi connectivity index (χ2v) is 7.15. The summed E-state index contributed by atoms with van der Waals surface area (Å²) in [6.45, 7) is 6.19. The molecule has 0 unspecified atom stereocenters. The van der Waals surface area contributed by atoms with E-state index in [9.17, 15) is 4.79 Å². The highest BCUT2D eigenvalue weighted by Crippen LogP contribution is 2.32. The van der Waals surface area contributed by atoms with E-state index in [1.165, 1.54) is 56.3 Å². The quantitative estimate of drug-likeness (QED) is 0.782. The van der Waals surface area contributed by atoms with Crippen LogP contribution in [0.1, 0.15) is 85.6 Å². The molecule has 2 heterocycles. The predicted octanol–water partition coefficient (Wildman–Crippen LogP) is 4.63. The van der Waals surface area contributed by atoms with E-state index in [0.29, 0.717) is 6.04 Å². The largest absolute Gasteiger partial charge is 0.345 e. The minimum atomic E-state index is 0.261. The number of carbonyl (C=O) groups excluding carboxylic acids is 1. The van der Waals surface area contributed by atoms with Crippen LogP contribution < -0.4 is 0 Å². The number of hydrogen-bond donors (Lipinski definition) is 0. The van der Waals surface area contributed by atoms with Gasteiger partial charge in [-0.15, -0.1) is 0 Å². The first-order valence-corrected chi connectivity index (χ1v) is 9.16. The second kappa shape index (κ2) is 6.89. The maximum absolute atomic E-state index is 12.9. The minimum absolute atomic E-state index is 0.261. The van der Waals surface area contributed by atoms with Crippen LogP contribution in [0.5, 0.6) is 0 Å². The molecule has 0 atom stereocenters. The molecule has 2 fully saturated rings. The van der Waals surface area contributed by atoms with Gasteiger partial charge < -0.3 is 9.47 Å². The molecule has 3 rings (SSSR count). The Morgan fingerprint density at radius 1 is 0.955 bits per heavy atom. The van der Waals surface area contributed by atoms with Crippen molar-refractivity contribution in [2.75, 3.05) is 13.1 Å². The maximum Gasteiger partial charge on any atom is 0.255 e. The van der Waals surface area contributed by atoms with Gasteiger partial charge in [0.1, 0.15) is 0 Å². The lowest BCUT2D eigenvalue weighted by atomic mass is 9.95. The zero-order chi connectivity index (χ0) is 15.5. The van der Waals surface area contributed by atoms with Gasteiger partial charge in [-0.25, -0.2) is 0 Å². The molecule has 0 N–H and O–H groups in total. The van der Waals surface area contributed by atoms with Crippen molar-refractivity contribution in [3.63, 3.8) is 0 Å². The van der Waals surface area contributed by atoms with E-state index in [1.54, 1.807) is 0 Å². The number of carbonyl (C=O) groups is 1. The zero-order valence-corrected chi connectivity index (χ0v) is 14.2. The summed E-state index contributed by atoms with van der Waals surface area (Å²) in [7, 11) is 0. The summed E-state index contributed by atoms with van der Waals surface area (Å²) in [6, 6.07) is 2.75. The van der Waals surface area contributed by atoms with Crippen molar-refractivity contribution in [1.82, 2.24) is 9.47 Å². The highest BCUT2D eigenvalue weighted by atomic mass is 16.2. The highest BCUT2D eigenvalue weighted by Gasteiger charge is 2.25. The number of rotatable bonds is 2. The third kappa shape index (κ3) is 3.09. The summed E-state index contributed by atoms with van der Waals surface area (Å²) < 4.78 is 2.45. The molecular formula is C19H30N2O. The predicted molar refractivity (Wildman–Crippen MR) is 90.4 cm³/mol. The SMILES string of the molecule is Cc1cc(C(=O)N2CCCCCC2)c(C)n1C1CCCCC1. The number of hydrogen-bond acceptors (Lipinski definition) is 1. The van der Waals surface area contributed by atoms with E-state index in [2.05, 4.69) is 29.4 Å². The average Bonchev–Trinajstić information content (AvgIpc) is 2.73. The summed E-state index contributed by atoms with van der Waals surface area (Å²) >= 11 is 0. The third-order valence-electron chi connectivity index (χ3n) is 5.55. The highest BCUT2D eigenvalue weighted by molar-refractivity contribution is 5.95. The molecule has 3 nitrogen and oxygen atoms in total. The molecule has 3 heteroatoms. The fourth-order valence-electron chi connectivity index (χ4n) is 4.34. The molecular weight excluding hydrogens is 272 g/mol. The molecule has 22 heavy (non-hydrogen) atoms. The Morgan fingerprint density at radius 3 is 2.18 bits per heavy atom. The molecule has 0 aromatic carbocycles. The Kier molecular flexibility index (Phi) is 4.90. The van der Waals surface area contributed by atoms with Gasteiger partial charge in [-0.2, -0.15) is 0 Å². The monoisotopic (exact) mass is 302 g/mol. The van der Waals surface area contributed by atoms with Gasteiger partial charge in [0.05, 0.1) is 5.56 Å². The molecule has 2 aliphatic rings. The van der Waals surface area contributed by atoms with Crippen LogP contribution >= 0.6 is 0 Å². The van der Waals surface area contributed by atoms with E-state index in [1.807, 2.05) is 0 Å². The number of amides is 1. The Labute approximate surface area is 134 Å². The summed E-state index contributed by atoms with van der Waals surface area (Å²) in [5, 5.41) is 0. The molecule has 1 aliphatic carbocycles. The Hall–Kier alpha value is -1.25. The number of nitrogens with zero attached hydrogens (tertiary/aromatic N) is 2. The Morgan fingerprint density at radius 2 is 1.55 bits per heavy atom. The van der Waals surface area contributed by atoms with Gasteiger partial charge in [0.2, 0.25) is 0 Å². The summed E-state index contributed by atoms with van der Waals surface area (Å²) in [5.41, 5.74) is 3.41. The second-order valence-electron chi connectivity index (χ2n) is 7.15. The maximum atomic E-state index is 12.9. The van der Waals surface area contributed by atoms with Crippen LogP contribution in [0.25, 0.3) is 0 Å². The van der Waals surface area contributed by atoms with Crippen LogP contribution in [0.15, 0.2) is 6.07 Å². The van der Waals surface area contributed by atoms with E-state index in [4.69, 9.17) is 0 Å². The van der Waals surface area contributed by atoms with Gasteiger partial charge in [-0.1, -0.05) is 32.1 Å². The van der Waals surface area contributed by atoms with Crippen LogP contribution in [0, 0.1) is 13.8 Å². The first-order chi connectivity index (χ1) is 10.7. The van der Waals surface area contributed by atoms with Crippen LogP contribution in [-0.4, -0.2) is 28.5 Å². The van der Waals surface area contributed by atoms with Crippen LogP contribution in [-0.2, 0) is 0 Å². The van der Waals surface area contributed by atoms with Crippen LogP contribution in [0.3, 0.4) is 0 Å². The molecule has 1 aromatic rings. The van der Waals surface area contributed by atoms with Crippen molar-refractivity contribution in [3.05, 3.63) is 23.0 Å². The van der Waals surface area contributed by atoms with Crippen LogP contribution in [0.4, 0.5) is 0 Å². The molecule has 0 spiro atoms. The molecule has 122 valence electrons. The molecule has 1 amide bonds. The molecule has 1 saturated heterocycles. The van der Waals surface area contributed by atoms with Crippen molar-refractivity contribution in [2.24, 2.45) is 0 Å². The molecule has 0 bridgehead atoms. The summed E-state index contributed by atoms with van der Waals surface area (Å²) in [5.74, 6) is 0.261. The summed E-state index contributed by atoms with van der Waals surface area (Å²) in [6.07, 6.45) is 11.4. The lowest BCUT2D eigenvalue weighted by molar-refractivity contribution is 0.0760. The van der Waals surface area contributed by atoms with Crippen molar-refractivity contribution < 1.29 is 4.79 Å². The van der Waals surface area contributed by atoms with Crippen LogP contribution in [0.2, 0.25) is 0 Å². The Bertz CT molecular complexity index is 518. The molecule has 1 saturated carbocycles. The first kappa shape index (κ1) is 15.6. The van der Waals surface area contributed by atoms with E-state index >= 15 is 0 Å². The molecule has 1 aromatic heterocycles. The topological polar surface area (TPSA) is 25.2 Å². The third-order valence-corrected chi connectivity index (χ3v) is 5.55. The van der Waals surface area contributed by atoms with E-state index < -0.39 is 0 Å². The van der Waals surface area contributed by atoms with Crippen molar-refractivity contribution >= 4 is 5.91 Å². The van der Waals surface area contributed by atoms with Gasteiger partial charge in [0, 0.05) is 30.5 Å². The average molecular weight is 302 g/mol. The van der Waals surface area contributed by atoms with Crippen molar-refractivity contribution in [2.45, 2.75) is 77.7 Å². The van der Waals surface area contributed by atoms with Gasteiger partial charge in [0.25, 0.3) is 5.91 Å². The van der Waals surface area contributed by atoms with Gasteiger partial charge in [-0.05, 0) is 45.6 Å². The lowest BCUT2D eigenvalue weighted by Gasteiger charge is -2.27. The molecule has 1 aliphatic heterocycles. The Balaban J connectivity index is 1.83. The normalized spacial score (nSPS) is 20.9. The van der Waals surface area contributed by atoms with Gasteiger partial charge in [-0.3, -0.25) is 4.79 Å². The van der Waals surface area contributed by atoms with Gasteiger partial charge >= 0.3 is 0 Å². The summed E-state index contributed by atoms with van der Waals surface area (Å²) in [4.78, 5) is 15.0. The zero-order valence-electron chi connectivity index (χ0n) is 14.2. The number of aryl methyl sites for hydroxylation is 1. The fraction of sp³-hybridized carbons (Fsp3) is 0.737. The van der Waals surface area contributed by atoms with Crippen molar-refractivity contribution in [1.29, 1.82) is 0 Å². The lowest BCUT2D eigenvalue weighted by Crippen LogP contribution is -2.32. The minimum Gasteiger partial charge on any atom is -0.345 e.